The normalized spacial score (nSPS) is 27.8. The predicted octanol–water partition coefficient (Wildman–Crippen LogP) is 3.53. The van der Waals surface area contributed by atoms with Crippen LogP contribution in [0.5, 0.6) is 0 Å². The van der Waals surface area contributed by atoms with Crippen LogP contribution in [0, 0.1) is 0 Å². The van der Waals surface area contributed by atoms with E-state index in [4.69, 9.17) is 11.6 Å². The van der Waals surface area contributed by atoms with Crippen LogP contribution in [-0.4, -0.2) is 59.7 Å². The van der Waals surface area contributed by atoms with Gasteiger partial charge in [-0.3, -0.25) is 9.80 Å². The third kappa shape index (κ3) is 3.18. The molecule has 0 saturated carbocycles. The number of likely N-dealkylation sites (N-methyl/N-ethyl adjacent to an activating group) is 1. The van der Waals surface area contributed by atoms with Crippen LogP contribution in [-0.2, 0) is 13.0 Å². The lowest BCUT2D eigenvalue weighted by atomic mass is 9.97. The summed E-state index contributed by atoms with van der Waals surface area (Å²) >= 11 is 6.35. The molecule has 2 aliphatic rings. The van der Waals surface area contributed by atoms with E-state index in [1.807, 2.05) is 6.07 Å². The summed E-state index contributed by atoms with van der Waals surface area (Å²) in [7, 11) is 2.23. The molecule has 0 bridgehead atoms. The van der Waals surface area contributed by atoms with Crippen LogP contribution in [0.2, 0.25) is 5.02 Å². The number of benzene rings is 1. The van der Waals surface area contributed by atoms with Gasteiger partial charge in [-0.1, -0.05) is 11.6 Å². The molecule has 0 aliphatic carbocycles. The van der Waals surface area contributed by atoms with Gasteiger partial charge in [0.2, 0.25) is 0 Å². The maximum atomic E-state index is 6.35. The fourth-order valence-corrected chi connectivity index (χ4v) is 4.90. The van der Waals surface area contributed by atoms with Crippen molar-refractivity contribution in [1.82, 2.24) is 19.7 Å². The standard InChI is InChI=1S/C21H31ClN4/c1-14-13-25(15(2)12-23-14)9-10-26-19-6-5-17(22)11-18(19)21-16(3)24(4)8-7-20(21)26/h5-6,11,14-16,23H,7-10,12-13H2,1-4H3/t14-,15+,16-/m0/s1. The highest BCUT2D eigenvalue weighted by molar-refractivity contribution is 6.31. The molecule has 1 aromatic carbocycles. The van der Waals surface area contributed by atoms with Crippen LogP contribution >= 0.6 is 11.6 Å². The molecule has 0 radical (unpaired) electrons. The molecule has 0 spiro atoms. The Morgan fingerprint density at radius 2 is 2.00 bits per heavy atom. The monoisotopic (exact) mass is 374 g/mol. The Morgan fingerprint density at radius 1 is 1.19 bits per heavy atom. The molecule has 5 heteroatoms. The number of hydrogen-bond donors (Lipinski definition) is 1. The van der Waals surface area contributed by atoms with Crippen molar-refractivity contribution >= 4 is 22.5 Å². The van der Waals surface area contributed by atoms with Crippen molar-refractivity contribution in [2.75, 3.05) is 33.2 Å². The molecule has 0 unspecified atom stereocenters. The molecule has 1 aromatic heterocycles. The van der Waals surface area contributed by atoms with Crippen LogP contribution in [0.25, 0.3) is 10.9 Å². The van der Waals surface area contributed by atoms with E-state index in [0.29, 0.717) is 18.1 Å². The molecular weight excluding hydrogens is 344 g/mol. The molecule has 2 aromatic rings. The highest BCUT2D eigenvalue weighted by atomic mass is 35.5. The van der Waals surface area contributed by atoms with Crippen molar-refractivity contribution in [3.63, 3.8) is 0 Å². The number of nitrogens with one attached hydrogen (secondary N) is 1. The molecule has 3 heterocycles. The number of fused-ring (bicyclic) bond motifs is 3. The average molecular weight is 375 g/mol. The zero-order valence-corrected chi connectivity index (χ0v) is 17.2. The van der Waals surface area contributed by atoms with Gasteiger partial charge in [0.05, 0.1) is 0 Å². The van der Waals surface area contributed by atoms with Crippen LogP contribution in [0.15, 0.2) is 18.2 Å². The van der Waals surface area contributed by atoms with Gasteiger partial charge in [-0.25, -0.2) is 0 Å². The highest BCUT2D eigenvalue weighted by Crippen LogP contribution is 2.38. The van der Waals surface area contributed by atoms with Crippen molar-refractivity contribution in [2.24, 2.45) is 0 Å². The lowest BCUT2D eigenvalue weighted by molar-refractivity contribution is 0.141. The van der Waals surface area contributed by atoms with Crippen molar-refractivity contribution < 1.29 is 0 Å². The SMILES string of the molecule is C[C@@H]1CN[C@@H](C)CN1CCn1c2c(c3cc(Cl)ccc31)[C@H](C)N(C)CC2. The Morgan fingerprint density at radius 3 is 2.81 bits per heavy atom. The van der Waals surface area contributed by atoms with E-state index in [-0.39, 0.29) is 0 Å². The van der Waals surface area contributed by atoms with Gasteiger partial charge in [0, 0.05) is 78.9 Å². The first-order chi connectivity index (χ1) is 12.5. The zero-order chi connectivity index (χ0) is 18.4. The van der Waals surface area contributed by atoms with Gasteiger partial charge in [0.25, 0.3) is 0 Å². The summed E-state index contributed by atoms with van der Waals surface area (Å²) < 4.78 is 2.57. The van der Waals surface area contributed by atoms with Gasteiger partial charge in [-0.05, 0) is 51.6 Å². The van der Waals surface area contributed by atoms with Crippen molar-refractivity contribution in [3.05, 3.63) is 34.5 Å². The molecule has 2 aliphatic heterocycles. The lowest BCUT2D eigenvalue weighted by Gasteiger charge is -2.38. The fraction of sp³-hybridized carbons (Fsp3) is 0.619. The maximum absolute atomic E-state index is 6.35. The fourth-order valence-electron chi connectivity index (χ4n) is 4.73. The van der Waals surface area contributed by atoms with Gasteiger partial charge >= 0.3 is 0 Å². The summed E-state index contributed by atoms with van der Waals surface area (Å²) in [5, 5.41) is 5.76. The van der Waals surface area contributed by atoms with E-state index in [1.165, 1.54) is 22.2 Å². The van der Waals surface area contributed by atoms with Crippen LogP contribution < -0.4 is 5.32 Å². The predicted molar refractivity (Wildman–Crippen MR) is 110 cm³/mol. The molecule has 4 nitrogen and oxygen atoms in total. The minimum absolute atomic E-state index is 0.444. The molecule has 1 N–H and O–H groups in total. The highest BCUT2D eigenvalue weighted by Gasteiger charge is 2.29. The van der Waals surface area contributed by atoms with Gasteiger partial charge < -0.3 is 9.88 Å². The molecule has 3 atom stereocenters. The molecular formula is C21H31ClN4. The largest absolute Gasteiger partial charge is 0.343 e. The van der Waals surface area contributed by atoms with Gasteiger partial charge in [-0.2, -0.15) is 0 Å². The topological polar surface area (TPSA) is 23.4 Å². The van der Waals surface area contributed by atoms with Gasteiger partial charge in [-0.15, -0.1) is 0 Å². The second kappa shape index (κ2) is 7.16. The summed E-state index contributed by atoms with van der Waals surface area (Å²) in [5.74, 6) is 0. The third-order valence-electron chi connectivity index (χ3n) is 6.46. The molecule has 1 fully saturated rings. The Bertz CT molecular complexity index is 799. The molecule has 0 amide bonds. The number of nitrogens with zero attached hydrogens (tertiary/aromatic N) is 3. The molecule has 4 rings (SSSR count). The van der Waals surface area contributed by atoms with Gasteiger partial charge in [0.1, 0.15) is 0 Å². The van der Waals surface area contributed by atoms with Crippen LogP contribution in [0.4, 0.5) is 0 Å². The Balaban J connectivity index is 1.69. The number of rotatable bonds is 3. The second-order valence-electron chi connectivity index (χ2n) is 8.23. The summed E-state index contributed by atoms with van der Waals surface area (Å²) in [6, 6.07) is 8.04. The first-order valence-electron chi connectivity index (χ1n) is 9.94. The van der Waals surface area contributed by atoms with E-state index >= 15 is 0 Å². The second-order valence-corrected chi connectivity index (χ2v) is 8.67. The molecule has 1 saturated heterocycles. The molecule has 142 valence electrons. The Labute approximate surface area is 162 Å². The van der Waals surface area contributed by atoms with Crippen LogP contribution in [0.3, 0.4) is 0 Å². The number of hydrogen-bond acceptors (Lipinski definition) is 3. The first kappa shape index (κ1) is 18.3. The maximum Gasteiger partial charge on any atom is 0.0487 e. The van der Waals surface area contributed by atoms with Crippen molar-refractivity contribution in [3.8, 4) is 0 Å². The van der Waals surface area contributed by atoms with E-state index in [1.54, 1.807) is 0 Å². The number of piperazine rings is 1. The van der Waals surface area contributed by atoms with Crippen molar-refractivity contribution in [2.45, 2.75) is 51.9 Å². The summed E-state index contributed by atoms with van der Waals surface area (Å²) in [5.41, 5.74) is 4.35. The van der Waals surface area contributed by atoms with E-state index in [2.05, 4.69) is 59.6 Å². The zero-order valence-electron chi connectivity index (χ0n) is 16.4. The van der Waals surface area contributed by atoms with Crippen molar-refractivity contribution in [1.29, 1.82) is 0 Å². The Hall–Kier alpha value is -1.07. The molecule has 26 heavy (non-hydrogen) atoms. The smallest absolute Gasteiger partial charge is 0.0487 e. The minimum atomic E-state index is 0.444. The van der Waals surface area contributed by atoms with Crippen LogP contribution in [0.1, 0.15) is 38.1 Å². The first-order valence-corrected chi connectivity index (χ1v) is 10.3. The average Bonchev–Trinajstić information content (AvgIpc) is 2.92. The minimum Gasteiger partial charge on any atom is -0.343 e. The van der Waals surface area contributed by atoms with E-state index in [9.17, 15) is 0 Å². The van der Waals surface area contributed by atoms with E-state index in [0.717, 1.165) is 44.2 Å². The summed E-state index contributed by atoms with van der Waals surface area (Å²) in [4.78, 5) is 5.08. The van der Waals surface area contributed by atoms with Gasteiger partial charge in [0.15, 0.2) is 0 Å². The summed E-state index contributed by atoms with van der Waals surface area (Å²) in [6.07, 6.45) is 1.12. The quantitative estimate of drug-likeness (QED) is 0.889. The Kier molecular flexibility index (Phi) is 5.04. The van der Waals surface area contributed by atoms with E-state index < -0.39 is 0 Å². The number of aromatic nitrogens is 1. The number of halogens is 1. The third-order valence-corrected chi connectivity index (χ3v) is 6.70. The summed E-state index contributed by atoms with van der Waals surface area (Å²) in [6.45, 7) is 12.4. The lowest BCUT2D eigenvalue weighted by Crippen LogP contribution is -2.54.